The number of nitrogens with zero attached hydrogens (tertiary/aromatic N) is 5. The summed E-state index contributed by atoms with van der Waals surface area (Å²) in [6, 6.07) is 10.3. The number of unbranched alkanes of at least 4 members (excludes halogenated alkanes) is 2. The lowest BCUT2D eigenvalue weighted by Crippen LogP contribution is -2.49. The van der Waals surface area contributed by atoms with Crippen LogP contribution in [0.15, 0.2) is 55.0 Å². The average Bonchev–Trinajstić information content (AvgIpc) is 2.87. The van der Waals surface area contributed by atoms with Crippen molar-refractivity contribution < 1.29 is 9.59 Å². The van der Waals surface area contributed by atoms with Crippen LogP contribution >= 0.6 is 0 Å². The Bertz CT molecular complexity index is 880. The molecule has 1 saturated heterocycles. The zero-order valence-corrected chi connectivity index (χ0v) is 19.6. The second-order valence-corrected chi connectivity index (χ2v) is 8.33. The molecule has 176 valence electrons. The molecule has 0 unspecified atom stereocenters. The molecule has 7 heteroatoms. The largest absolute Gasteiger partial charge is 0.340 e. The molecule has 0 bridgehead atoms. The number of aromatic nitrogens is 2. The van der Waals surface area contributed by atoms with Crippen molar-refractivity contribution in [2.45, 2.75) is 32.6 Å². The van der Waals surface area contributed by atoms with Gasteiger partial charge in [0.05, 0.1) is 6.20 Å². The Balaban J connectivity index is 1.44. The fourth-order valence-electron chi connectivity index (χ4n) is 3.91. The summed E-state index contributed by atoms with van der Waals surface area (Å²) in [6.45, 7) is 7.26. The van der Waals surface area contributed by atoms with Crippen LogP contribution in [0.1, 0.15) is 48.7 Å². The van der Waals surface area contributed by atoms with Crippen LogP contribution in [-0.2, 0) is 4.79 Å². The summed E-state index contributed by atoms with van der Waals surface area (Å²) in [5.74, 6) is -0.0380. The second kappa shape index (κ2) is 13.5. The summed E-state index contributed by atoms with van der Waals surface area (Å²) in [4.78, 5) is 39.9. The van der Waals surface area contributed by atoms with E-state index in [1.54, 1.807) is 11.1 Å². The minimum atomic E-state index is -0.151. The minimum Gasteiger partial charge on any atom is -0.340 e. The molecule has 1 aliphatic rings. The molecular formula is C26H35N5O2. The van der Waals surface area contributed by atoms with Gasteiger partial charge in [0, 0.05) is 64.6 Å². The van der Waals surface area contributed by atoms with E-state index in [0.29, 0.717) is 25.2 Å². The number of benzene rings is 1. The number of piperazine rings is 1. The van der Waals surface area contributed by atoms with Gasteiger partial charge in [0.2, 0.25) is 5.91 Å². The molecule has 3 rings (SSSR count). The quantitative estimate of drug-likeness (QED) is 0.492. The van der Waals surface area contributed by atoms with Crippen molar-refractivity contribution >= 4 is 17.9 Å². The molecule has 7 nitrogen and oxygen atoms in total. The van der Waals surface area contributed by atoms with E-state index in [2.05, 4.69) is 46.1 Å². The molecule has 2 amide bonds. The van der Waals surface area contributed by atoms with E-state index in [0.717, 1.165) is 52.0 Å². The Hall–Kier alpha value is -3.06. The van der Waals surface area contributed by atoms with Gasteiger partial charge in [0.1, 0.15) is 5.69 Å². The van der Waals surface area contributed by atoms with Gasteiger partial charge in [-0.3, -0.25) is 19.5 Å². The third kappa shape index (κ3) is 8.09. The summed E-state index contributed by atoms with van der Waals surface area (Å²) >= 11 is 0. The van der Waals surface area contributed by atoms with Gasteiger partial charge in [-0.25, -0.2) is 4.98 Å². The Labute approximate surface area is 197 Å². The highest BCUT2D eigenvalue weighted by molar-refractivity contribution is 5.92. The lowest BCUT2D eigenvalue weighted by atomic mass is 10.2. The van der Waals surface area contributed by atoms with Gasteiger partial charge < -0.3 is 9.80 Å². The van der Waals surface area contributed by atoms with Gasteiger partial charge in [-0.1, -0.05) is 62.2 Å². The highest BCUT2D eigenvalue weighted by Gasteiger charge is 2.23. The van der Waals surface area contributed by atoms with Crippen molar-refractivity contribution in [2.75, 3.05) is 45.8 Å². The van der Waals surface area contributed by atoms with Crippen LogP contribution in [0.5, 0.6) is 0 Å². The smallest absolute Gasteiger partial charge is 0.274 e. The van der Waals surface area contributed by atoms with E-state index in [9.17, 15) is 9.59 Å². The number of hydrogen-bond donors (Lipinski definition) is 0. The van der Waals surface area contributed by atoms with Gasteiger partial charge in [0.25, 0.3) is 5.91 Å². The molecule has 0 atom stereocenters. The van der Waals surface area contributed by atoms with Crippen LogP contribution in [0, 0.1) is 0 Å². The summed E-state index contributed by atoms with van der Waals surface area (Å²) in [6.07, 6.45) is 12.3. The molecular weight excluding hydrogens is 414 g/mol. The average molecular weight is 450 g/mol. The van der Waals surface area contributed by atoms with Crippen LogP contribution in [0.25, 0.3) is 6.08 Å². The minimum absolute atomic E-state index is 0.113. The fraction of sp³-hybridized carbons (Fsp3) is 0.462. The number of carbonyl (C=O) groups is 2. The summed E-state index contributed by atoms with van der Waals surface area (Å²) in [7, 11) is 0. The second-order valence-electron chi connectivity index (χ2n) is 8.33. The summed E-state index contributed by atoms with van der Waals surface area (Å²) in [5, 5.41) is 0. The molecule has 1 aromatic heterocycles. The number of rotatable bonds is 11. The highest BCUT2D eigenvalue weighted by atomic mass is 16.2. The van der Waals surface area contributed by atoms with Crippen LogP contribution in [0.4, 0.5) is 0 Å². The Morgan fingerprint density at radius 3 is 2.52 bits per heavy atom. The van der Waals surface area contributed by atoms with E-state index in [-0.39, 0.29) is 11.8 Å². The third-order valence-corrected chi connectivity index (χ3v) is 5.90. The maximum atomic E-state index is 12.9. The van der Waals surface area contributed by atoms with E-state index in [4.69, 9.17) is 0 Å². The normalized spacial score (nSPS) is 14.5. The molecule has 0 N–H and O–H groups in total. The zero-order chi connectivity index (χ0) is 23.3. The first-order chi connectivity index (χ1) is 16.2. The monoisotopic (exact) mass is 449 g/mol. The molecule has 2 heterocycles. The molecule has 33 heavy (non-hydrogen) atoms. The summed E-state index contributed by atoms with van der Waals surface area (Å²) in [5.41, 5.74) is 1.53. The van der Waals surface area contributed by atoms with Crippen molar-refractivity contribution in [1.29, 1.82) is 0 Å². The van der Waals surface area contributed by atoms with Crippen LogP contribution in [-0.4, -0.2) is 82.3 Å². The number of carbonyl (C=O) groups excluding carboxylic acids is 2. The van der Waals surface area contributed by atoms with Gasteiger partial charge >= 0.3 is 0 Å². The van der Waals surface area contributed by atoms with Gasteiger partial charge in [-0.2, -0.15) is 0 Å². The standard InChI is InChI=1S/C26H35N5O2/c1-2-3-7-16-31(26(33)24-22-27-13-14-28-24)17-12-25(32)30-20-18-29(19-21-30)15-8-11-23-9-5-4-6-10-23/h4-6,8-11,13-14,22H,2-3,7,12,15-21H2,1H3. The van der Waals surface area contributed by atoms with Gasteiger partial charge in [-0.05, 0) is 12.0 Å². The number of hydrogen-bond acceptors (Lipinski definition) is 5. The highest BCUT2D eigenvalue weighted by Crippen LogP contribution is 2.09. The lowest BCUT2D eigenvalue weighted by Gasteiger charge is -2.34. The van der Waals surface area contributed by atoms with Crippen LogP contribution in [0.3, 0.4) is 0 Å². The predicted octanol–water partition coefficient (Wildman–Crippen LogP) is 3.36. The van der Waals surface area contributed by atoms with Crippen molar-refractivity contribution in [1.82, 2.24) is 24.7 Å². The zero-order valence-electron chi connectivity index (χ0n) is 19.6. The first-order valence-corrected chi connectivity index (χ1v) is 11.9. The molecule has 0 aliphatic carbocycles. The number of amides is 2. The molecule has 0 spiro atoms. The Kier molecular flexibility index (Phi) is 10.0. The molecule has 0 saturated carbocycles. The van der Waals surface area contributed by atoms with Crippen LogP contribution < -0.4 is 0 Å². The Morgan fingerprint density at radius 2 is 1.82 bits per heavy atom. The van der Waals surface area contributed by atoms with Crippen molar-refractivity contribution in [3.63, 3.8) is 0 Å². The summed E-state index contributed by atoms with van der Waals surface area (Å²) < 4.78 is 0. The van der Waals surface area contributed by atoms with E-state index < -0.39 is 0 Å². The third-order valence-electron chi connectivity index (χ3n) is 5.90. The first-order valence-electron chi connectivity index (χ1n) is 11.9. The molecule has 1 aliphatic heterocycles. The molecule has 1 aromatic carbocycles. The fourth-order valence-corrected chi connectivity index (χ4v) is 3.91. The molecule has 0 radical (unpaired) electrons. The van der Waals surface area contributed by atoms with Crippen molar-refractivity contribution in [3.05, 3.63) is 66.3 Å². The SMILES string of the molecule is CCCCCN(CCC(=O)N1CCN(CC=Cc2ccccc2)CC1)C(=O)c1cnccn1. The van der Waals surface area contributed by atoms with Crippen molar-refractivity contribution in [2.24, 2.45) is 0 Å². The maximum Gasteiger partial charge on any atom is 0.274 e. The van der Waals surface area contributed by atoms with E-state index in [1.807, 2.05) is 23.1 Å². The topological polar surface area (TPSA) is 69.6 Å². The Morgan fingerprint density at radius 1 is 1.03 bits per heavy atom. The first kappa shape index (κ1) is 24.6. The predicted molar refractivity (Wildman–Crippen MR) is 131 cm³/mol. The van der Waals surface area contributed by atoms with Crippen molar-refractivity contribution in [3.8, 4) is 0 Å². The van der Waals surface area contributed by atoms with E-state index in [1.165, 1.54) is 18.0 Å². The molecule has 2 aromatic rings. The maximum absolute atomic E-state index is 12.9. The molecule has 1 fully saturated rings. The van der Waals surface area contributed by atoms with Gasteiger partial charge in [-0.15, -0.1) is 0 Å². The van der Waals surface area contributed by atoms with E-state index >= 15 is 0 Å². The van der Waals surface area contributed by atoms with Crippen LogP contribution in [0.2, 0.25) is 0 Å². The lowest BCUT2D eigenvalue weighted by molar-refractivity contribution is -0.133. The van der Waals surface area contributed by atoms with Gasteiger partial charge in [0.15, 0.2) is 0 Å².